The largest absolute Gasteiger partial charge is 0.461 e. The van der Waals surface area contributed by atoms with E-state index in [1.807, 2.05) is 0 Å². The Kier molecular flexibility index (Phi) is 21.3. The number of rotatable bonds is 23. The summed E-state index contributed by atoms with van der Waals surface area (Å²) >= 11 is 0. The molecule has 0 aliphatic rings. The van der Waals surface area contributed by atoms with Crippen LogP contribution in [0.15, 0.2) is 121 Å². The van der Waals surface area contributed by atoms with Crippen LogP contribution in [0.5, 0.6) is 23.0 Å². The van der Waals surface area contributed by atoms with Crippen molar-refractivity contribution in [3.05, 3.63) is 121 Å². The summed E-state index contributed by atoms with van der Waals surface area (Å²) in [6.45, 7) is 2.18. The molecule has 0 aliphatic carbocycles. The molecule has 0 fully saturated rings. The van der Waals surface area contributed by atoms with Gasteiger partial charge in [-0.05, 0) is 61.4 Å². The van der Waals surface area contributed by atoms with Gasteiger partial charge in [-0.15, -0.1) is 0 Å². The van der Waals surface area contributed by atoms with E-state index in [0.29, 0.717) is 0 Å². The van der Waals surface area contributed by atoms with E-state index in [2.05, 4.69) is 21.3 Å². The van der Waals surface area contributed by atoms with E-state index in [-0.39, 0.29) is 48.7 Å². The SMILES string of the molecule is CCC(NC(=O)Oc1ccccc1)OC(=O)CCC(NC(=O)Oc1ccccc1)C(=O)OCCOC(=O)C(CCC(=O)OC(CC)NC(=O)Oc1ccccc1)NC(=O)Oc1ccccc1. The first-order chi connectivity index (χ1) is 31.9. The lowest BCUT2D eigenvalue weighted by atomic mass is 10.1. The number of ether oxygens (including phenoxy) is 8. The van der Waals surface area contributed by atoms with Crippen molar-refractivity contribution in [3.63, 3.8) is 0 Å². The molecule has 20 nitrogen and oxygen atoms in total. The van der Waals surface area contributed by atoms with Gasteiger partial charge in [0.05, 0.1) is 0 Å². The maximum Gasteiger partial charge on any atom is 0.415 e. The van der Waals surface area contributed by atoms with Gasteiger partial charge in [0.15, 0.2) is 12.5 Å². The second-order valence-electron chi connectivity index (χ2n) is 13.7. The smallest absolute Gasteiger partial charge is 0.415 e. The first-order valence-corrected chi connectivity index (χ1v) is 20.8. The van der Waals surface area contributed by atoms with Gasteiger partial charge in [0.1, 0.15) is 48.3 Å². The van der Waals surface area contributed by atoms with Crippen LogP contribution < -0.4 is 40.2 Å². The fourth-order valence-corrected chi connectivity index (χ4v) is 5.42. The average Bonchev–Trinajstić information content (AvgIpc) is 3.31. The molecule has 0 aliphatic heterocycles. The predicted molar refractivity (Wildman–Crippen MR) is 231 cm³/mol. The number of esters is 4. The minimum Gasteiger partial charge on any atom is -0.461 e. The number of para-hydroxylation sites is 4. The fraction of sp³-hybridized carbons (Fsp3) is 0.304. The molecule has 4 N–H and O–H groups in total. The van der Waals surface area contributed by atoms with Crippen LogP contribution in [0.3, 0.4) is 0 Å². The predicted octanol–water partition coefficient (Wildman–Crippen LogP) is 6.08. The monoisotopic (exact) mass is 914 g/mol. The number of carbonyl (C=O) groups excluding carboxylic acids is 8. The molecule has 20 heteroatoms. The molecule has 4 unspecified atom stereocenters. The van der Waals surface area contributed by atoms with E-state index in [1.54, 1.807) is 111 Å². The summed E-state index contributed by atoms with van der Waals surface area (Å²) in [5.74, 6) is -2.94. The molecular weight excluding hydrogens is 865 g/mol. The molecule has 0 saturated heterocycles. The van der Waals surface area contributed by atoms with E-state index in [0.717, 1.165) is 0 Å². The van der Waals surface area contributed by atoms with Crippen molar-refractivity contribution in [3.8, 4) is 23.0 Å². The highest BCUT2D eigenvalue weighted by Gasteiger charge is 2.28. The lowest BCUT2D eigenvalue weighted by molar-refractivity contribution is -0.156. The first-order valence-electron chi connectivity index (χ1n) is 20.8. The molecular formula is C46H50N4O16. The Morgan fingerprint density at radius 3 is 0.955 bits per heavy atom. The Balaban J connectivity index is 1.32. The van der Waals surface area contributed by atoms with E-state index in [1.165, 1.54) is 24.3 Å². The van der Waals surface area contributed by atoms with Crippen LogP contribution in [0.2, 0.25) is 0 Å². The number of nitrogens with one attached hydrogen (secondary N) is 4. The molecule has 0 bridgehead atoms. The summed E-state index contributed by atoms with van der Waals surface area (Å²) in [4.78, 5) is 102. The summed E-state index contributed by atoms with van der Waals surface area (Å²) in [5.41, 5.74) is 0. The van der Waals surface area contributed by atoms with Crippen LogP contribution in [0.1, 0.15) is 52.4 Å². The number of hydrogen-bond acceptors (Lipinski definition) is 16. The number of carbonyl (C=O) groups is 8. The van der Waals surface area contributed by atoms with Crippen molar-refractivity contribution in [2.75, 3.05) is 13.2 Å². The zero-order chi connectivity index (χ0) is 47.5. The normalized spacial score (nSPS) is 12.2. The second-order valence-corrected chi connectivity index (χ2v) is 13.7. The second kappa shape index (κ2) is 27.8. The highest BCUT2D eigenvalue weighted by atomic mass is 16.6. The molecule has 4 amide bonds. The molecule has 0 aromatic heterocycles. The molecule has 0 saturated carbocycles. The van der Waals surface area contributed by atoms with Crippen molar-refractivity contribution < 1.29 is 76.3 Å². The highest BCUT2D eigenvalue weighted by molar-refractivity contribution is 5.84. The van der Waals surface area contributed by atoms with Gasteiger partial charge in [-0.2, -0.15) is 0 Å². The molecule has 0 spiro atoms. The minimum absolute atomic E-state index is 0.155. The molecule has 4 atom stereocenters. The molecule has 4 aromatic carbocycles. The Bertz CT molecular complexity index is 2030. The Morgan fingerprint density at radius 1 is 0.409 bits per heavy atom. The maximum atomic E-state index is 13.3. The highest BCUT2D eigenvalue weighted by Crippen LogP contribution is 2.14. The van der Waals surface area contributed by atoms with Gasteiger partial charge in [-0.1, -0.05) is 86.6 Å². The number of hydrogen-bond donors (Lipinski definition) is 4. The van der Waals surface area contributed by atoms with Crippen molar-refractivity contribution in [1.29, 1.82) is 0 Å². The van der Waals surface area contributed by atoms with E-state index in [9.17, 15) is 38.4 Å². The van der Waals surface area contributed by atoms with Crippen molar-refractivity contribution >= 4 is 48.3 Å². The van der Waals surface area contributed by atoms with Gasteiger partial charge in [-0.25, -0.2) is 28.8 Å². The van der Waals surface area contributed by atoms with Gasteiger partial charge >= 0.3 is 48.3 Å². The molecule has 4 aromatic rings. The molecule has 4 rings (SSSR count). The van der Waals surface area contributed by atoms with Crippen molar-refractivity contribution in [1.82, 2.24) is 21.3 Å². The Labute approximate surface area is 379 Å². The Morgan fingerprint density at radius 2 is 0.682 bits per heavy atom. The summed E-state index contributed by atoms with van der Waals surface area (Å²) in [6.07, 6.45) is -7.26. The quantitative estimate of drug-likeness (QED) is 0.0284. The zero-order valence-corrected chi connectivity index (χ0v) is 36.0. The number of benzene rings is 4. The summed E-state index contributed by atoms with van der Waals surface area (Å²) < 4.78 is 42.0. The van der Waals surface area contributed by atoms with Gasteiger partial charge < -0.3 is 48.5 Å². The summed E-state index contributed by atoms with van der Waals surface area (Å²) in [7, 11) is 0. The molecule has 350 valence electrons. The molecule has 0 heterocycles. The lowest BCUT2D eigenvalue weighted by Crippen LogP contribution is -2.45. The van der Waals surface area contributed by atoms with E-state index in [4.69, 9.17) is 37.9 Å². The van der Waals surface area contributed by atoms with Crippen LogP contribution >= 0.6 is 0 Å². The average molecular weight is 915 g/mol. The third-order valence-electron chi connectivity index (χ3n) is 8.66. The van der Waals surface area contributed by atoms with Crippen molar-refractivity contribution in [2.24, 2.45) is 0 Å². The lowest BCUT2D eigenvalue weighted by Gasteiger charge is -2.20. The summed E-state index contributed by atoms with van der Waals surface area (Å²) in [6, 6.07) is 29.3. The van der Waals surface area contributed by atoms with Crippen LogP contribution in [-0.2, 0) is 38.1 Å². The number of amides is 4. The van der Waals surface area contributed by atoms with Gasteiger partial charge in [-0.3, -0.25) is 20.2 Å². The van der Waals surface area contributed by atoms with Gasteiger partial charge in [0, 0.05) is 25.7 Å². The maximum absolute atomic E-state index is 13.3. The standard InChI is InChI=1S/C46H50N4O16/c1-3-37(49-45(57)63-33-21-13-7-14-22-33)65-39(51)27-25-35(47-43(55)61-31-17-9-5-10-18-31)41(53)59-29-30-60-42(54)36(48-44(56)62-32-19-11-6-12-20-32)26-28-40(52)66-38(4-2)50-46(58)64-34-23-15-8-16-24-34/h5-24,35-38H,3-4,25-30H2,1-2H3,(H,47,55)(H,48,56)(H,49,57)(H,50,58). The topological polar surface area (TPSA) is 259 Å². The third-order valence-corrected chi connectivity index (χ3v) is 8.66. The van der Waals surface area contributed by atoms with Gasteiger partial charge in [0.2, 0.25) is 0 Å². The molecule has 66 heavy (non-hydrogen) atoms. The van der Waals surface area contributed by atoms with Crippen LogP contribution in [0.4, 0.5) is 19.2 Å². The van der Waals surface area contributed by atoms with Crippen LogP contribution in [-0.4, -0.2) is 86.0 Å². The third kappa shape index (κ3) is 19.5. The summed E-state index contributed by atoms with van der Waals surface area (Å²) in [5, 5.41) is 9.55. The van der Waals surface area contributed by atoms with Gasteiger partial charge in [0.25, 0.3) is 0 Å². The van der Waals surface area contributed by atoms with Crippen LogP contribution in [0.25, 0.3) is 0 Å². The molecule has 0 radical (unpaired) electrons. The zero-order valence-electron chi connectivity index (χ0n) is 36.0. The first kappa shape index (κ1) is 50.5. The van der Waals surface area contributed by atoms with E-state index >= 15 is 0 Å². The van der Waals surface area contributed by atoms with Crippen LogP contribution in [0, 0.1) is 0 Å². The van der Waals surface area contributed by atoms with E-state index < -0.39 is 98.8 Å². The Hall–Kier alpha value is -8.16. The van der Waals surface area contributed by atoms with Crippen molar-refractivity contribution in [2.45, 2.75) is 76.9 Å². The fourth-order valence-electron chi connectivity index (χ4n) is 5.42. The minimum atomic E-state index is -1.48.